The minimum Gasteiger partial charge on any atom is -0.399 e. The van der Waals surface area contributed by atoms with Crippen LogP contribution in [0, 0.1) is 0 Å². The summed E-state index contributed by atoms with van der Waals surface area (Å²) in [6.07, 6.45) is 8.86. The standard InChI is InChI=1S/C22H31BN2O4/c1-20(2)21(3,4)29-23(28-20)17-14(15-9-5-8-12-27-15)13-24-18-16(17)22(19(26)25-18)10-6-7-11-22/h13,15H,5-12H2,1-4H3,(H,24,25,26). The van der Waals surface area contributed by atoms with Gasteiger partial charge >= 0.3 is 7.12 Å². The van der Waals surface area contributed by atoms with Crippen LogP contribution in [0.15, 0.2) is 6.20 Å². The minimum atomic E-state index is -0.526. The number of pyridine rings is 1. The summed E-state index contributed by atoms with van der Waals surface area (Å²) in [5.74, 6) is 0.762. The molecule has 1 aromatic heterocycles. The summed E-state index contributed by atoms with van der Waals surface area (Å²) in [5.41, 5.74) is 1.62. The Balaban J connectivity index is 1.69. The molecule has 3 aliphatic heterocycles. The number of fused-ring (bicyclic) bond motifs is 2. The molecule has 4 heterocycles. The van der Waals surface area contributed by atoms with Gasteiger partial charge in [0.25, 0.3) is 0 Å². The third kappa shape index (κ3) is 2.81. The molecule has 6 nitrogen and oxygen atoms in total. The van der Waals surface area contributed by atoms with Crippen molar-refractivity contribution in [3.63, 3.8) is 0 Å². The molecule has 156 valence electrons. The van der Waals surface area contributed by atoms with Crippen LogP contribution in [0.1, 0.15) is 89.9 Å². The van der Waals surface area contributed by atoms with E-state index in [2.05, 4.69) is 38.0 Å². The number of ether oxygens (including phenoxy) is 1. The van der Waals surface area contributed by atoms with Gasteiger partial charge in [0.2, 0.25) is 5.91 Å². The van der Waals surface area contributed by atoms with Crippen molar-refractivity contribution in [3.05, 3.63) is 17.3 Å². The average molecular weight is 398 g/mol. The molecule has 1 N–H and O–H groups in total. The first-order valence-electron chi connectivity index (χ1n) is 11.1. The molecular formula is C22H31BN2O4. The highest BCUT2D eigenvalue weighted by atomic mass is 16.7. The summed E-state index contributed by atoms with van der Waals surface area (Å²) >= 11 is 0. The number of anilines is 1. The molecule has 1 aromatic rings. The lowest BCUT2D eigenvalue weighted by atomic mass is 9.65. The van der Waals surface area contributed by atoms with Crippen molar-refractivity contribution in [3.8, 4) is 0 Å². The van der Waals surface area contributed by atoms with Gasteiger partial charge in [-0.2, -0.15) is 0 Å². The monoisotopic (exact) mass is 398 g/mol. The summed E-state index contributed by atoms with van der Waals surface area (Å²) in [6, 6.07) is 0. The van der Waals surface area contributed by atoms with Crippen LogP contribution in [0.5, 0.6) is 0 Å². The van der Waals surface area contributed by atoms with E-state index in [9.17, 15) is 4.79 Å². The second-order valence-electron chi connectivity index (χ2n) is 10.0. The third-order valence-corrected chi connectivity index (χ3v) is 7.77. The Morgan fingerprint density at radius 2 is 1.76 bits per heavy atom. The number of hydrogen-bond donors (Lipinski definition) is 1. The summed E-state index contributed by atoms with van der Waals surface area (Å²) in [4.78, 5) is 17.8. The van der Waals surface area contributed by atoms with Crippen molar-refractivity contribution in [1.82, 2.24) is 4.98 Å². The van der Waals surface area contributed by atoms with Crippen molar-refractivity contribution in [1.29, 1.82) is 0 Å². The summed E-state index contributed by atoms with van der Waals surface area (Å²) in [7, 11) is -0.526. The van der Waals surface area contributed by atoms with Crippen molar-refractivity contribution < 1.29 is 18.8 Å². The van der Waals surface area contributed by atoms with Crippen molar-refractivity contribution in [2.75, 3.05) is 11.9 Å². The molecule has 4 aliphatic rings. The summed E-state index contributed by atoms with van der Waals surface area (Å²) < 4.78 is 19.1. The fourth-order valence-corrected chi connectivity index (χ4v) is 5.37. The Bertz CT molecular complexity index is 825. The molecule has 1 unspecified atom stereocenters. The molecule has 29 heavy (non-hydrogen) atoms. The molecule has 0 bridgehead atoms. The number of rotatable bonds is 2. The van der Waals surface area contributed by atoms with Crippen LogP contribution >= 0.6 is 0 Å². The third-order valence-electron chi connectivity index (χ3n) is 7.77. The lowest BCUT2D eigenvalue weighted by molar-refractivity contribution is -0.120. The first-order chi connectivity index (χ1) is 13.8. The zero-order chi connectivity index (χ0) is 20.4. The highest BCUT2D eigenvalue weighted by Crippen LogP contribution is 2.49. The van der Waals surface area contributed by atoms with Gasteiger partial charge in [-0.05, 0) is 70.8 Å². The molecule has 3 fully saturated rings. The second-order valence-corrected chi connectivity index (χ2v) is 10.0. The van der Waals surface area contributed by atoms with Gasteiger partial charge in [0.15, 0.2) is 0 Å². The van der Waals surface area contributed by atoms with E-state index in [1.54, 1.807) is 0 Å². The van der Waals surface area contributed by atoms with E-state index in [1.807, 2.05) is 6.20 Å². The van der Waals surface area contributed by atoms with E-state index in [0.29, 0.717) is 5.82 Å². The van der Waals surface area contributed by atoms with Gasteiger partial charge in [-0.25, -0.2) is 4.98 Å². The Kier molecular flexibility index (Phi) is 4.40. The van der Waals surface area contributed by atoms with Gasteiger partial charge in [0, 0.05) is 18.4 Å². The van der Waals surface area contributed by atoms with E-state index < -0.39 is 23.7 Å². The summed E-state index contributed by atoms with van der Waals surface area (Å²) in [6.45, 7) is 9.03. The maximum Gasteiger partial charge on any atom is 0.495 e. The predicted octanol–water partition coefficient (Wildman–Crippen LogP) is 3.39. The lowest BCUT2D eigenvalue weighted by Gasteiger charge is -2.32. The lowest BCUT2D eigenvalue weighted by Crippen LogP contribution is -2.45. The first kappa shape index (κ1) is 19.5. The first-order valence-corrected chi connectivity index (χ1v) is 11.1. The Hall–Kier alpha value is -1.44. The van der Waals surface area contributed by atoms with Crippen molar-refractivity contribution >= 4 is 24.3 Å². The van der Waals surface area contributed by atoms with Crippen molar-refractivity contribution in [2.45, 2.75) is 95.4 Å². The number of carbonyl (C=O) groups excluding carboxylic acids is 1. The normalized spacial score (nSPS) is 29.3. The second kappa shape index (κ2) is 6.53. The van der Waals surface area contributed by atoms with Crippen LogP contribution in [-0.2, 0) is 24.3 Å². The molecule has 1 saturated carbocycles. The number of nitrogens with one attached hydrogen (secondary N) is 1. The molecule has 1 aliphatic carbocycles. The zero-order valence-electron chi connectivity index (χ0n) is 18.0. The minimum absolute atomic E-state index is 0.0234. The highest BCUT2D eigenvalue weighted by Gasteiger charge is 2.58. The smallest absolute Gasteiger partial charge is 0.399 e. The van der Waals surface area contributed by atoms with Gasteiger partial charge in [0.1, 0.15) is 5.82 Å². The van der Waals surface area contributed by atoms with E-state index in [4.69, 9.17) is 14.0 Å². The van der Waals surface area contributed by atoms with Gasteiger partial charge in [0.05, 0.1) is 22.7 Å². The number of amides is 1. The van der Waals surface area contributed by atoms with Gasteiger partial charge in [-0.3, -0.25) is 4.79 Å². The molecule has 1 spiro atoms. The van der Waals surface area contributed by atoms with Crippen molar-refractivity contribution in [2.24, 2.45) is 0 Å². The molecular weight excluding hydrogens is 367 g/mol. The van der Waals surface area contributed by atoms with Crippen LogP contribution in [0.4, 0.5) is 5.82 Å². The molecule has 0 aromatic carbocycles. The molecule has 5 rings (SSSR count). The summed E-state index contributed by atoms with van der Waals surface area (Å²) in [5, 5.41) is 3.06. The molecule has 2 saturated heterocycles. The van der Waals surface area contributed by atoms with E-state index >= 15 is 0 Å². The van der Waals surface area contributed by atoms with Crippen LogP contribution in [0.25, 0.3) is 0 Å². The number of carbonyl (C=O) groups is 1. The van der Waals surface area contributed by atoms with Gasteiger partial charge in [-0.1, -0.05) is 12.8 Å². The van der Waals surface area contributed by atoms with E-state index in [-0.39, 0.29) is 12.0 Å². The van der Waals surface area contributed by atoms with Gasteiger partial charge < -0.3 is 19.4 Å². The fraction of sp³-hybridized carbons (Fsp3) is 0.727. The SMILES string of the molecule is CC1(C)OB(c2c(C3CCCCO3)cnc3c2C2(CCCC2)C(=O)N3)OC1(C)C. The number of nitrogens with zero attached hydrogens (tertiary/aromatic N) is 1. The molecule has 7 heteroatoms. The van der Waals surface area contributed by atoms with Crippen LogP contribution in [-0.4, -0.2) is 35.8 Å². The van der Waals surface area contributed by atoms with Crippen LogP contribution < -0.4 is 10.8 Å². The maximum atomic E-state index is 13.1. The fourth-order valence-electron chi connectivity index (χ4n) is 5.37. The molecule has 0 radical (unpaired) electrons. The number of aromatic nitrogens is 1. The Morgan fingerprint density at radius 1 is 1.07 bits per heavy atom. The van der Waals surface area contributed by atoms with Crippen LogP contribution in [0.3, 0.4) is 0 Å². The molecule has 1 amide bonds. The highest BCUT2D eigenvalue weighted by molar-refractivity contribution is 6.63. The molecule has 1 atom stereocenters. The van der Waals surface area contributed by atoms with E-state index in [1.165, 1.54) is 0 Å². The number of hydrogen-bond acceptors (Lipinski definition) is 5. The largest absolute Gasteiger partial charge is 0.495 e. The maximum absolute atomic E-state index is 13.1. The average Bonchev–Trinajstić information content (AvgIpc) is 3.33. The predicted molar refractivity (Wildman–Crippen MR) is 111 cm³/mol. The van der Waals surface area contributed by atoms with Crippen LogP contribution in [0.2, 0.25) is 0 Å². The topological polar surface area (TPSA) is 69.7 Å². The Labute approximate surface area is 173 Å². The quantitative estimate of drug-likeness (QED) is 0.774. The zero-order valence-corrected chi connectivity index (χ0v) is 18.0. The Morgan fingerprint density at radius 3 is 2.38 bits per heavy atom. The van der Waals surface area contributed by atoms with Gasteiger partial charge in [-0.15, -0.1) is 0 Å². The van der Waals surface area contributed by atoms with E-state index in [0.717, 1.165) is 68.1 Å².